The highest BCUT2D eigenvalue weighted by Gasteiger charge is 2.32. The Morgan fingerprint density at radius 3 is 2.22 bits per heavy atom. The Bertz CT molecular complexity index is 1690. The summed E-state index contributed by atoms with van der Waals surface area (Å²) < 4.78 is 0. The second-order valence-electron chi connectivity index (χ2n) is 13.8. The third-order valence-corrected chi connectivity index (χ3v) is 11.1. The Balaban J connectivity index is 0.877. The molecule has 0 aromatic heterocycles. The number of aromatic hydroxyl groups is 1. The van der Waals surface area contributed by atoms with Gasteiger partial charge in [-0.25, -0.2) is 0 Å². The summed E-state index contributed by atoms with van der Waals surface area (Å²) in [6.45, 7) is 8.37. The van der Waals surface area contributed by atoms with Gasteiger partial charge in [0.05, 0.1) is 0 Å². The lowest BCUT2D eigenvalue weighted by atomic mass is 9.69. The molecular weight excluding hydrogens is 568 g/mol. The number of nitrogens with zero attached hydrogens (tertiary/aromatic N) is 3. The van der Waals surface area contributed by atoms with Gasteiger partial charge in [0.15, 0.2) is 0 Å². The van der Waals surface area contributed by atoms with Crippen LogP contribution in [0.5, 0.6) is 5.75 Å². The van der Waals surface area contributed by atoms with Crippen LogP contribution in [0.2, 0.25) is 0 Å². The molecule has 1 aliphatic carbocycles. The third kappa shape index (κ3) is 5.75. The largest absolute Gasteiger partial charge is 0.508 e. The number of phenols is 1. The van der Waals surface area contributed by atoms with Crippen LogP contribution < -0.4 is 15.1 Å². The Morgan fingerprint density at radius 1 is 0.696 bits per heavy atom. The van der Waals surface area contributed by atoms with Crippen LogP contribution >= 0.6 is 0 Å². The molecule has 0 bridgehead atoms. The number of carbonyl (C=O) groups is 1. The predicted molar refractivity (Wildman–Crippen MR) is 185 cm³/mol. The molecule has 3 aliphatic heterocycles. The molecule has 2 saturated heterocycles. The minimum Gasteiger partial charge on any atom is -0.508 e. The van der Waals surface area contributed by atoms with Gasteiger partial charge in [-0.2, -0.15) is 0 Å². The fourth-order valence-corrected chi connectivity index (χ4v) is 8.51. The van der Waals surface area contributed by atoms with Crippen molar-refractivity contribution in [3.05, 3.63) is 124 Å². The molecular formula is C40H44N4O2. The number of phenolic OH excluding ortho intramolecular Hbond substituents is 1. The van der Waals surface area contributed by atoms with E-state index in [1.54, 1.807) is 0 Å². The summed E-state index contributed by atoms with van der Waals surface area (Å²) >= 11 is 0. The van der Waals surface area contributed by atoms with Crippen molar-refractivity contribution in [2.24, 2.45) is 5.92 Å². The molecule has 3 heterocycles. The summed E-state index contributed by atoms with van der Waals surface area (Å²) in [6.07, 6.45) is 4.56. The number of rotatable bonds is 6. The minimum absolute atomic E-state index is 0.0552. The second kappa shape index (κ2) is 12.5. The van der Waals surface area contributed by atoms with Crippen LogP contribution in [0, 0.1) is 5.92 Å². The van der Waals surface area contributed by atoms with Gasteiger partial charge < -0.3 is 20.2 Å². The van der Waals surface area contributed by atoms with Crippen molar-refractivity contribution in [2.45, 2.75) is 44.1 Å². The van der Waals surface area contributed by atoms with Gasteiger partial charge in [-0.1, -0.05) is 48.5 Å². The van der Waals surface area contributed by atoms with Gasteiger partial charge in [-0.05, 0) is 108 Å². The molecule has 2 N–H and O–H groups in total. The number of hydrogen-bond donors (Lipinski definition) is 2. The zero-order valence-electron chi connectivity index (χ0n) is 26.6. The molecule has 236 valence electrons. The molecule has 8 rings (SSSR count). The maximum atomic E-state index is 11.9. The van der Waals surface area contributed by atoms with E-state index in [1.807, 2.05) is 18.2 Å². The molecule has 4 aromatic rings. The van der Waals surface area contributed by atoms with Gasteiger partial charge in [0, 0.05) is 75.2 Å². The SMILES string of the molecule is O=C1NCc2cc(N3CCN(CC4CCN(c5ccc(C6c7ccc(O)cc7CCC6c6ccccc6)cc5)CC4)CC3)ccc21. The van der Waals surface area contributed by atoms with E-state index < -0.39 is 0 Å². The van der Waals surface area contributed by atoms with E-state index >= 15 is 0 Å². The van der Waals surface area contributed by atoms with Crippen LogP contribution in [0.3, 0.4) is 0 Å². The number of hydrogen-bond acceptors (Lipinski definition) is 5. The summed E-state index contributed by atoms with van der Waals surface area (Å²) in [7, 11) is 0. The van der Waals surface area contributed by atoms with Crippen molar-refractivity contribution in [1.82, 2.24) is 10.2 Å². The maximum absolute atomic E-state index is 11.9. The molecule has 4 aliphatic rings. The van der Waals surface area contributed by atoms with Crippen molar-refractivity contribution in [3.8, 4) is 5.75 Å². The number of piperazine rings is 1. The molecule has 2 fully saturated rings. The minimum atomic E-state index is 0.0552. The molecule has 0 radical (unpaired) electrons. The Morgan fingerprint density at radius 2 is 1.43 bits per heavy atom. The monoisotopic (exact) mass is 612 g/mol. The van der Waals surface area contributed by atoms with E-state index in [2.05, 4.69) is 92.8 Å². The van der Waals surface area contributed by atoms with Crippen molar-refractivity contribution in [3.63, 3.8) is 0 Å². The highest BCUT2D eigenvalue weighted by Crippen LogP contribution is 2.47. The predicted octanol–water partition coefficient (Wildman–Crippen LogP) is 6.54. The fourth-order valence-electron chi connectivity index (χ4n) is 8.51. The normalized spacial score (nSPS) is 22.0. The van der Waals surface area contributed by atoms with Crippen molar-refractivity contribution < 1.29 is 9.90 Å². The number of aryl methyl sites for hydroxylation is 1. The number of anilines is 2. The fraction of sp³-hybridized carbons (Fsp3) is 0.375. The first-order chi connectivity index (χ1) is 22.6. The van der Waals surface area contributed by atoms with E-state index in [-0.39, 0.29) is 11.8 Å². The van der Waals surface area contributed by atoms with Crippen LogP contribution in [0.1, 0.15) is 69.3 Å². The second-order valence-corrected chi connectivity index (χ2v) is 13.8. The highest BCUT2D eigenvalue weighted by molar-refractivity contribution is 5.98. The van der Waals surface area contributed by atoms with Crippen LogP contribution in [0.25, 0.3) is 0 Å². The van der Waals surface area contributed by atoms with Gasteiger partial charge in [0.2, 0.25) is 0 Å². The van der Waals surface area contributed by atoms with Crippen LogP contribution in [-0.2, 0) is 13.0 Å². The first-order valence-corrected chi connectivity index (χ1v) is 17.2. The maximum Gasteiger partial charge on any atom is 0.251 e. The summed E-state index contributed by atoms with van der Waals surface area (Å²) in [5.74, 6) is 1.89. The first-order valence-electron chi connectivity index (χ1n) is 17.2. The molecule has 0 saturated carbocycles. The number of piperidine rings is 1. The van der Waals surface area contributed by atoms with Crippen molar-refractivity contribution in [1.29, 1.82) is 0 Å². The molecule has 4 aromatic carbocycles. The quantitative estimate of drug-likeness (QED) is 0.259. The summed E-state index contributed by atoms with van der Waals surface area (Å²) in [5, 5.41) is 13.1. The molecule has 1 amide bonds. The summed E-state index contributed by atoms with van der Waals surface area (Å²) in [4.78, 5) is 19.6. The average Bonchev–Trinajstić information content (AvgIpc) is 3.48. The lowest BCUT2D eigenvalue weighted by Crippen LogP contribution is -2.49. The number of fused-ring (bicyclic) bond motifs is 2. The van der Waals surface area contributed by atoms with Crippen LogP contribution in [0.15, 0.2) is 91.0 Å². The number of amides is 1. The van der Waals surface area contributed by atoms with Gasteiger partial charge >= 0.3 is 0 Å². The molecule has 6 heteroatoms. The topological polar surface area (TPSA) is 59.1 Å². The number of nitrogens with one attached hydrogen (secondary N) is 1. The molecule has 6 nitrogen and oxygen atoms in total. The van der Waals surface area contributed by atoms with E-state index in [1.165, 1.54) is 53.0 Å². The first kappa shape index (κ1) is 29.1. The number of benzene rings is 4. The summed E-state index contributed by atoms with van der Waals surface area (Å²) in [5.41, 5.74) is 9.94. The average molecular weight is 613 g/mol. The van der Waals surface area contributed by atoms with Crippen LogP contribution in [-0.4, -0.2) is 61.7 Å². The van der Waals surface area contributed by atoms with E-state index in [0.717, 1.165) is 69.2 Å². The third-order valence-electron chi connectivity index (χ3n) is 11.1. The van der Waals surface area contributed by atoms with E-state index in [0.29, 0.717) is 18.2 Å². The van der Waals surface area contributed by atoms with Gasteiger partial charge in [-0.3, -0.25) is 9.69 Å². The van der Waals surface area contributed by atoms with Crippen molar-refractivity contribution >= 4 is 17.3 Å². The molecule has 2 atom stereocenters. The van der Waals surface area contributed by atoms with Gasteiger partial charge in [0.25, 0.3) is 5.91 Å². The lowest BCUT2D eigenvalue weighted by Gasteiger charge is -2.40. The molecule has 46 heavy (non-hydrogen) atoms. The van der Waals surface area contributed by atoms with Crippen LogP contribution in [0.4, 0.5) is 11.4 Å². The Labute approximate surface area is 272 Å². The summed E-state index contributed by atoms with van der Waals surface area (Å²) in [6, 6.07) is 32.7. The van der Waals surface area contributed by atoms with Gasteiger partial charge in [-0.15, -0.1) is 0 Å². The zero-order chi connectivity index (χ0) is 31.0. The highest BCUT2D eigenvalue weighted by atomic mass is 16.3. The van der Waals surface area contributed by atoms with Crippen molar-refractivity contribution in [2.75, 3.05) is 55.6 Å². The zero-order valence-corrected chi connectivity index (χ0v) is 26.6. The Kier molecular flexibility index (Phi) is 7.91. The lowest BCUT2D eigenvalue weighted by molar-refractivity contribution is 0.0965. The molecule has 2 unspecified atom stereocenters. The van der Waals surface area contributed by atoms with E-state index in [9.17, 15) is 9.90 Å². The van der Waals surface area contributed by atoms with E-state index in [4.69, 9.17) is 0 Å². The number of carbonyl (C=O) groups excluding carboxylic acids is 1. The Hall–Kier alpha value is -4.29. The standard InChI is InChI=1S/C40H44N4O2/c45-35-12-15-37-31(25-35)8-13-36(29-4-2-1-3-5-29)39(37)30-6-9-33(10-7-30)43-18-16-28(17-19-43)27-42-20-22-44(23-21-42)34-11-14-38-32(24-34)26-41-40(38)46/h1-7,9-12,14-15,24-25,28,36,39,45H,8,13,16-23,26-27H2,(H,41,46). The molecule has 0 spiro atoms. The van der Waals surface area contributed by atoms with Gasteiger partial charge in [0.1, 0.15) is 5.75 Å². The smallest absolute Gasteiger partial charge is 0.251 e.